The lowest BCUT2D eigenvalue weighted by atomic mass is 9.98. The predicted octanol–water partition coefficient (Wildman–Crippen LogP) is 1.000. The summed E-state index contributed by atoms with van der Waals surface area (Å²) < 4.78 is 1.57. The van der Waals surface area contributed by atoms with Gasteiger partial charge in [-0.25, -0.2) is 4.79 Å². The summed E-state index contributed by atoms with van der Waals surface area (Å²) in [7, 11) is 3.95. The van der Waals surface area contributed by atoms with Gasteiger partial charge in [-0.1, -0.05) is 0 Å². The normalized spacial score (nSPS) is 12.7. The van der Waals surface area contributed by atoms with Gasteiger partial charge < -0.3 is 10.0 Å². The second-order valence-corrected chi connectivity index (χ2v) is 5.35. The van der Waals surface area contributed by atoms with Crippen molar-refractivity contribution in [1.82, 2.24) is 14.5 Å². The van der Waals surface area contributed by atoms with E-state index in [1.807, 2.05) is 19.0 Å². The number of carbonyl (C=O) groups is 1. The molecule has 0 aliphatic heterocycles. The van der Waals surface area contributed by atoms with E-state index in [0.29, 0.717) is 23.5 Å². The number of aryl methyl sites for hydroxylation is 1. The molecule has 1 aromatic rings. The van der Waals surface area contributed by atoms with Gasteiger partial charge >= 0.3 is 11.7 Å². The SMILES string of the molecule is Cc1nc(=O)n(CCCN(C)C)c(C)c1C(C)C(=O)O. The maximum Gasteiger partial charge on any atom is 0.347 e. The summed E-state index contributed by atoms with van der Waals surface area (Å²) in [6, 6.07) is 0. The highest BCUT2D eigenvalue weighted by Gasteiger charge is 2.21. The number of aromatic nitrogens is 2. The number of aliphatic carboxylic acids is 1. The Morgan fingerprint density at radius 1 is 1.40 bits per heavy atom. The molecule has 0 aromatic carbocycles. The molecule has 1 atom stereocenters. The summed E-state index contributed by atoms with van der Waals surface area (Å²) in [6.45, 7) is 6.51. The molecule has 0 aliphatic rings. The van der Waals surface area contributed by atoms with E-state index in [1.54, 1.807) is 25.3 Å². The maximum absolute atomic E-state index is 12.0. The lowest BCUT2D eigenvalue weighted by molar-refractivity contribution is -0.138. The standard InChI is InChI=1S/C14H23N3O3/c1-9(13(18)19)12-10(2)15-14(20)17(11(12)3)8-6-7-16(4)5/h9H,6-8H2,1-5H3,(H,18,19). The van der Waals surface area contributed by atoms with Crippen LogP contribution in [0.3, 0.4) is 0 Å². The van der Waals surface area contributed by atoms with Crippen molar-refractivity contribution in [3.05, 3.63) is 27.4 Å². The van der Waals surface area contributed by atoms with E-state index >= 15 is 0 Å². The monoisotopic (exact) mass is 281 g/mol. The number of hydrogen-bond donors (Lipinski definition) is 1. The molecular weight excluding hydrogens is 258 g/mol. The van der Waals surface area contributed by atoms with Crippen LogP contribution in [0.2, 0.25) is 0 Å². The molecule has 112 valence electrons. The average molecular weight is 281 g/mol. The Kier molecular flexibility index (Phi) is 5.44. The second-order valence-electron chi connectivity index (χ2n) is 5.35. The first-order valence-electron chi connectivity index (χ1n) is 6.71. The van der Waals surface area contributed by atoms with Gasteiger partial charge in [0.05, 0.1) is 5.92 Å². The van der Waals surface area contributed by atoms with Crippen LogP contribution in [0.25, 0.3) is 0 Å². The molecule has 1 rings (SSSR count). The smallest absolute Gasteiger partial charge is 0.347 e. The number of carboxylic acids is 1. The molecule has 6 heteroatoms. The van der Waals surface area contributed by atoms with Crippen molar-refractivity contribution < 1.29 is 9.90 Å². The first-order valence-corrected chi connectivity index (χ1v) is 6.71. The van der Waals surface area contributed by atoms with E-state index in [1.165, 1.54) is 0 Å². The number of carboxylic acid groups (broad SMARTS) is 1. The Morgan fingerprint density at radius 3 is 2.50 bits per heavy atom. The van der Waals surface area contributed by atoms with Crippen molar-refractivity contribution in [2.24, 2.45) is 0 Å². The third-order valence-electron chi connectivity index (χ3n) is 3.47. The van der Waals surface area contributed by atoms with E-state index in [4.69, 9.17) is 0 Å². The summed E-state index contributed by atoms with van der Waals surface area (Å²) >= 11 is 0. The topological polar surface area (TPSA) is 75.4 Å². The van der Waals surface area contributed by atoms with E-state index in [9.17, 15) is 14.7 Å². The summed E-state index contributed by atoms with van der Waals surface area (Å²) in [5.41, 5.74) is 1.55. The quantitative estimate of drug-likeness (QED) is 0.842. The largest absolute Gasteiger partial charge is 0.481 e. The zero-order valence-corrected chi connectivity index (χ0v) is 12.8. The molecule has 20 heavy (non-hydrogen) atoms. The summed E-state index contributed by atoms with van der Waals surface area (Å²) in [4.78, 5) is 29.2. The third-order valence-corrected chi connectivity index (χ3v) is 3.47. The molecule has 0 saturated heterocycles. The van der Waals surface area contributed by atoms with E-state index in [2.05, 4.69) is 4.98 Å². The average Bonchev–Trinajstić information content (AvgIpc) is 2.32. The Hall–Kier alpha value is -1.69. The van der Waals surface area contributed by atoms with Crippen molar-refractivity contribution in [3.8, 4) is 0 Å². The third kappa shape index (κ3) is 3.66. The number of rotatable bonds is 6. The van der Waals surface area contributed by atoms with Crippen molar-refractivity contribution in [2.75, 3.05) is 20.6 Å². The van der Waals surface area contributed by atoms with Gasteiger partial charge in [-0.15, -0.1) is 0 Å². The van der Waals surface area contributed by atoms with Crippen LogP contribution in [0, 0.1) is 13.8 Å². The van der Waals surface area contributed by atoms with Crippen molar-refractivity contribution in [3.63, 3.8) is 0 Å². The number of hydrogen-bond acceptors (Lipinski definition) is 4. The molecular formula is C14H23N3O3. The molecule has 1 N–H and O–H groups in total. The highest BCUT2D eigenvalue weighted by Crippen LogP contribution is 2.21. The van der Waals surface area contributed by atoms with Gasteiger partial charge in [-0.05, 0) is 47.8 Å². The van der Waals surface area contributed by atoms with Gasteiger partial charge in [0, 0.05) is 23.5 Å². The first kappa shape index (κ1) is 16.4. The van der Waals surface area contributed by atoms with Crippen molar-refractivity contribution >= 4 is 5.97 Å². The van der Waals surface area contributed by atoms with Crippen LogP contribution >= 0.6 is 0 Å². The molecule has 0 fully saturated rings. The van der Waals surface area contributed by atoms with Crippen LogP contribution in [0.4, 0.5) is 0 Å². The van der Waals surface area contributed by atoms with Gasteiger partial charge in [-0.2, -0.15) is 4.98 Å². The molecule has 0 saturated carbocycles. The molecule has 0 spiro atoms. The van der Waals surface area contributed by atoms with Crippen LogP contribution in [-0.2, 0) is 11.3 Å². The van der Waals surface area contributed by atoms with Crippen LogP contribution in [0.1, 0.15) is 36.2 Å². The Morgan fingerprint density at radius 2 is 2.00 bits per heavy atom. The molecule has 6 nitrogen and oxygen atoms in total. The first-order chi connectivity index (χ1) is 9.25. The zero-order chi connectivity index (χ0) is 15.4. The van der Waals surface area contributed by atoms with E-state index in [-0.39, 0.29) is 5.69 Å². The lowest BCUT2D eigenvalue weighted by Crippen LogP contribution is -2.30. The molecule has 0 aliphatic carbocycles. The van der Waals surface area contributed by atoms with E-state index < -0.39 is 11.9 Å². The minimum atomic E-state index is -0.906. The molecule has 0 bridgehead atoms. The Balaban J connectivity index is 3.16. The summed E-state index contributed by atoms with van der Waals surface area (Å²) in [6.07, 6.45) is 0.819. The second kappa shape index (κ2) is 6.65. The van der Waals surface area contributed by atoms with Gasteiger partial charge in [0.15, 0.2) is 0 Å². The van der Waals surface area contributed by atoms with Crippen LogP contribution < -0.4 is 5.69 Å². The molecule has 0 amide bonds. The summed E-state index contributed by atoms with van der Waals surface area (Å²) in [5.74, 6) is -1.57. The van der Waals surface area contributed by atoms with Gasteiger partial charge in [0.2, 0.25) is 0 Å². The zero-order valence-electron chi connectivity index (χ0n) is 12.8. The number of nitrogens with zero attached hydrogens (tertiary/aromatic N) is 3. The molecule has 1 unspecified atom stereocenters. The summed E-state index contributed by atoms with van der Waals surface area (Å²) in [5, 5.41) is 9.17. The predicted molar refractivity (Wildman–Crippen MR) is 77.2 cm³/mol. The highest BCUT2D eigenvalue weighted by molar-refractivity contribution is 5.76. The van der Waals surface area contributed by atoms with Crippen molar-refractivity contribution in [1.29, 1.82) is 0 Å². The fourth-order valence-electron chi connectivity index (χ4n) is 2.37. The van der Waals surface area contributed by atoms with Gasteiger partial charge in [0.1, 0.15) is 0 Å². The minimum Gasteiger partial charge on any atom is -0.481 e. The molecule has 1 heterocycles. The van der Waals surface area contributed by atoms with E-state index in [0.717, 1.165) is 13.0 Å². The molecule has 1 aromatic heterocycles. The Bertz CT molecular complexity index is 549. The maximum atomic E-state index is 12.0. The molecule has 0 radical (unpaired) electrons. The minimum absolute atomic E-state index is 0.305. The van der Waals surface area contributed by atoms with Gasteiger partial charge in [0.25, 0.3) is 0 Å². The Labute approximate surface area is 119 Å². The van der Waals surface area contributed by atoms with Gasteiger partial charge in [-0.3, -0.25) is 9.36 Å². The fourth-order valence-corrected chi connectivity index (χ4v) is 2.37. The van der Waals surface area contributed by atoms with Crippen LogP contribution in [-0.4, -0.2) is 46.2 Å². The lowest BCUT2D eigenvalue weighted by Gasteiger charge is -2.18. The fraction of sp³-hybridized carbons (Fsp3) is 0.643. The van der Waals surface area contributed by atoms with Crippen LogP contribution in [0.15, 0.2) is 4.79 Å². The van der Waals surface area contributed by atoms with Crippen LogP contribution in [0.5, 0.6) is 0 Å². The highest BCUT2D eigenvalue weighted by atomic mass is 16.4. The van der Waals surface area contributed by atoms with Crippen molar-refractivity contribution in [2.45, 2.75) is 39.7 Å².